The summed E-state index contributed by atoms with van der Waals surface area (Å²) in [6.07, 6.45) is 3.45. The molecule has 1 saturated carbocycles. The lowest BCUT2D eigenvalue weighted by Crippen LogP contribution is -2.30. The third-order valence-electron chi connectivity index (χ3n) is 3.86. The second kappa shape index (κ2) is 6.93. The van der Waals surface area contributed by atoms with Crippen LogP contribution in [0.15, 0.2) is 23.1 Å². The van der Waals surface area contributed by atoms with E-state index in [1.54, 1.807) is 12.1 Å². The summed E-state index contributed by atoms with van der Waals surface area (Å²) in [7, 11) is -3.43. The molecule has 9 heteroatoms. The predicted octanol–water partition coefficient (Wildman–Crippen LogP) is 3.71. The predicted molar refractivity (Wildman–Crippen MR) is 100 cm³/mol. The molecule has 134 valence electrons. The molecular formula is C16H18ClN3O3S2. The van der Waals surface area contributed by atoms with Crippen molar-refractivity contribution in [2.45, 2.75) is 24.7 Å². The molecule has 3 rings (SSSR count). The smallest absolute Gasteiger partial charge is 0.321 e. The number of carbonyl (C=O) groups excluding carboxylic acids is 1. The van der Waals surface area contributed by atoms with Crippen LogP contribution in [-0.2, 0) is 9.84 Å². The minimum absolute atomic E-state index is 0.0798. The molecule has 1 aliphatic carbocycles. The molecule has 2 amide bonds. The summed E-state index contributed by atoms with van der Waals surface area (Å²) in [5.74, 6) is 0.600. The van der Waals surface area contributed by atoms with Crippen LogP contribution in [0.2, 0.25) is 5.02 Å². The fraction of sp³-hybridized carbons (Fsp3) is 0.375. The number of urea groups is 1. The molecule has 0 radical (unpaired) electrons. The maximum absolute atomic E-state index is 11.9. The Morgan fingerprint density at radius 2 is 2.12 bits per heavy atom. The molecule has 1 aliphatic rings. The highest BCUT2D eigenvalue weighted by Crippen LogP contribution is 2.35. The Morgan fingerprint density at radius 3 is 2.76 bits per heavy atom. The minimum atomic E-state index is -3.43. The summed E-state index contributed by atoms with van der Waals surface area (Å²) < 4.78 is 23.7. The summed E-state index contributed by atoms with van der Waals surface area (Å²) in [5, 5.41) is 6.20. The number of hydrogen-bond donors (Lipinski definition) is 2. The average molecular weight is 400 g/mol. The van der Waals surface area contributed by atoms with Crippen LogP contribution in [-0.4, -0.2) is 32.2 Å². The van der Waals surface area contributed by atoms with Crippen molar-refractivity contribution < 1.29 is 13.2 Å². The zero-order chi connectivity index (χ0) is 18.2. The second-order valence-electron chi connectivity index (χ2n) is 6.13. The zero-order valence-electron chi connectivity index (χ0n) is 13.8. The quantitative estimate of drug-likeness (QED) is 0.802. The second-order valence-corrected chi connectivity index (χ2v) is 9.52. The molecule has 2 aromatic rings. The van der Waals surface area contributed by atoms with E-state index in [0.29, 0.717) is 28.9 Å². The van der Waals surface area contributed by atoms with E-state index in [0.717, 1.165) is 11.1 Å². The molecule has 0 unspecified atom stereocenters. The van der Waals surface area contributed by atoms with Gasteiger partial charge in [0.2, 0.25) is 0 Å². The molecule has 1 fully saturated rings. The number of thiazole rings is 1. The van der Waals surface area contributed by atoms with Gasteiger partial charge in [-0.1, -0.05) is 29.0 Å². The van der Waals surface area contributed by atoms with Crippen LogP contribution >= 0.6 is 22.9 Å². The molecule has 0 saturated heterocycles. The third-order valence-corrected chi connectivity index (χ3v) is 6.56. The average Bonchev–Trinajstić information content (AvgIpc) is 3.28. The van der Waals surface area contributed by atoms with E-state index >= 15 is 0 Å². The van der Waals surface area contributed by atoms with Crippen molar-refractivity contribution in [1.29, 1.82) is 0 Å². The van der Waals surface area contributed by atoms with Crippen LogP contribution in [0, 0.1) is 12.8 Å². The van der Waals surface area contributed by atoms with Crippen LogP contribution in [0.3, 0.4) is 0 Å². The first-order chi connectivity index (χ1) is 11.7. The van der Waals surface area contributed by atoms with Gasteiger partial charge in [0, 0.05) is 12.8 Å². The molecule has 1 aromatic heterocycles. The number of halogens is 1. The Kier molecular flexibility index (Phi) is 5.04. The Balaban J connectivity index is 1.81. The summed E-state index contributed by atoms with van der Waals surface area (Å²) in [4.78, 5) is 17.1. The number of aryl methyl sites for hydroxylation is 1. The third kappa shape index (κ3) is 4.50. The fourth-order valence-corrected chi connectivity index (χ4v) is 4.61. The van der Waals surface area contributed by atoms with Gasteiger partial charge in [-0.25, -0.2) is 18.2 Å². The lowest BCUT2D eigenvalue weighted by atomic mass is 10.2. The fourth-order valence-electron chi connectivity index (χ4n) is 2.35. The Bertz CT molecular complexity index is 921. The SMILES string of the molecule is Cc1nc(NC(=O)NCC2CC2)sc1-c1ccc(Cl)c(S(C)(=O)=O)c1. The summed E-state index contributed by atoms with van der Waals surface area (Å²) in [6, 6.07) is 4.56. The highest BCUT2D eigenvalue weighted by Gasteiger charge is 2.22. The van der Waals surface area contributed by atoms with Crippen LogP contribution in [0.25, 0.3) is 10.4 Å². The van der Waals surface area contributed by atoms with E-state index in [1.807, 2.05) is 6.92 Å². The lowest BCUT2D eigenvalue weighted by Gasteiger charge is -2.05. The number of benzene rings is 1. The molecule has 0 atom stereocenters. The molecular weight excluding hydrogens is 382 g/mol. The first-order valence-corrected chi connectivity index (χ1v) is 10.8. The van der Waals surface area contributed by atoms with E-state index in [2.05, 4.69) is 15.6 Å². The lowest BCUT2D eigenvalue weighted by molar-refractivity contribution is 0.251. The zero-order valence-corrected chi connectivity index (χ0v) is 16.2. The van der Waals surface area contributed by atoms with Crippen molar-refractivity contribution in [3.63, 3.8) is 0 Å². The van der Waals surface area contributed by atoms with Crippen LogP contribution in [0.4, 0.5) is 9.93 Å². The van der Waals surface area contributed by atoms with Gasteiger partial charge in [0.15, 0.2) is 15.0 Å². The molecule has 0 bridgehead atoms. The van der Waals surface area contributed by atoms with Crippen LogP contribution in [0.5, 0.6) is 0 Å². The van der Waals surface area contributed by atoms with Crippen molar-refractivity contribution in [2.24, 2.45) is 5.92 Å². The van der Waals surface area contributed by atoms with Gasteiger partial charge >= 0.3 is 6.03 Å². The molecule has 2 N–H and O–H groups in total. The van der Waals surface area contributed by atoms with Gasteiger partial charge in [-0.2, -0.15) is 0 Å². The monoisotopic (exact) mass is 399 g/mol. The number of hydrogen-bond acceptors (Lipinski definition) is 5. The van der Waals surface area contributed by atoms with Crippen molar-refractivity contribution >= 4 is 43.9 Å². The van der Waals surface area contributed by atoms with Crippen LogP contribution < -0.4 is 10.6 Å². The largest absolute Gasteiger partial charge is 0.338 e. The van der Waals surface area contributed by atoms with E-state index in [-0.39, 0.29) is 15.9 Å². The highest BCUT2D eigenvalue weighted by molar-refractivity contribution is 7.90. The van der Waals surface area contributed by atoms with Gasteiger partial charge in [0.25, 0.3) is 0 Å². The van der Waals surface area contributed by atoms with Gasteiger partial charge in [-0.15, -0.1) is 0 Å². The number of nitrogens with zero attached hydrogens (tertiary/aromatic N) is 1. The molecule has 25 heavy (non-hydrogen) atoms. The van der Waals surface area contributed by atoms with E-state index in [4.69, 9.17) is 11.6 Å². The number of sulfone groups is 1. The van der Waals surface area contributed by atoms with Gasteiger partial charge in [0.1, 0.15) is 0 Å². The number of amides is 2. The summed E-state index contributed by atoms with van der Waals surface area (Å²) in [5.41, 5.74) is 1.41. The van der Waals surface area contributed by atoms with E-state index < -0.39 is 9.84 Å². The van der Waals surface area contributed by atoms with Crippen molar-refractivity contribution in [3.05, 3.63) is 28.9 Å². The standard InChI is InChI=1S/C16H18ClN3O3S2/c1-9-14(11-5-6-12(17)13(7-11)25(2,22)23)24-16(19-9)20-15(21)18-8-10-3-4-10/h5-7,10H,3-4,8H2,1-2H3,(H2,18,19,20,21). The van der Waals surface area contributed by atoms with Gasteiger partial charge in [-0.3, -0.25) is 5.32 Å². The topological polar surface area (TPSA) is 88.2 Å². The Morgan fingerprint density at radius 1 is 1.40 bits per heavy atom. The van der Waals surface area contributed by atoms with Gasteiger partial charge in [0.05, 0.1) is 20.5 Å². The summed E-state index contributed by atoms with van der Waals surface area (Å²) >= 11 is 7.29. The maximum atomic E-state index is 11.9. The van der Waals surface area contributed by atoms with E-state index in [1.165, 1.54) is 30.2 Å². The minimum Gasteiger partial charge on any atom is -0.338 e. The van der Waals surface area contributed by atoms with Crippen molar-refractivity contribution in [1.82, 2.24) is 10.3 Å². The number of rotatable bonds is 5. The number of nitrogens with one attached hydrogen (secondary N) is 2. The van der Waals surface area contributed by atoms with Crippen molar-refractivity contribution in [2.75, 3.05) is 18.1 Å². The number of anilines is 1. The van der Waals surface area contributed by atoms with Gasteiger partial charge < -0.3 is 5.32 Å². The molecule has 1 heterocycles. The highest BCUT2D eigenvalue weighted by atomic mass is 35.5. The molecule has 6 nitrogen and oxygen atoms in total. The Hall–Kier alpha value is -1.64. The first kappa shape index (κ1) is 18.2. The van der Waals surface area contributed by atoms with Gasteiger partial charge in [-0.05, 0) is 43.4 Å². The summed E-state index contributed by atoms with van der Waals surface area (Å²) in [6.45, 7) is 2.49. The first-order valence-electron chi connectivity index (χ1n) is 7.76. The number of aromatic nitrogens is 1. The van der Waals surface area contributed by atoms with Crippen molar-refractivity contribution in [3.8, 4) is 10.4 Å². The Labute approximate surface area is 155 Å². The van der Waals surface area contributed by atoms with E-state index in [9.17, 15) is 13.2 Å². The molecule has 0 spiro atoms. The molecule has 0 aliphatic heterocycles. The number of carbonyl (C=O) groups is 1. The maximum Gasteiger partial charge on any atom is 0.321 e. The van der Waals surface area contributed by atoms with Crippen LogP contribution in [0.1, 0.15) is 18.5 Å². The normalized spacial score (nSPS) is 14.4. The molecule has 1 aromatic carbocycles.